The Morgan fingerprint density at radius 1 is 1.35 bits per heavy atom. The van der Waals surface area contributed by atoms with Crippen LogP contribution in [0.25, 0.3) is 0 Å². The molecule has 0 aliphatic heterocycles. The number of halogens is 4. The van der Waals surface area contributed by atoms with Gasteiger partial charge >= 0.3 is 0 Å². The molecule has 0 aliphatic carbocycles. The second-order valence-electron chi connectivity index (χ2n) is 3.62. The predicted molar refractivity (Wildman–Crippen MR) is 50.6 cm³/mol. The highest BCUT2D eigenvalue weighted by Gasteiger charge is 2.39. The lowest BCUT2D eigenvalue weighted by atomic mass is 9.92. The number of nitro groups is 1. The first-order valence-electron chi connectivity index (χ1n) is 4.39. The fourth-order valence-electron chi connectivity index (χ4n) is 1.24. The number of benzene rings is 1. The molecule has 17 heavy (non-hydrogen) atoms. The molecule has 0 amide bonds. The van der Waals surface area contributed by atoms with Crippen LogP contribution < -0.4 is 5.73 Å². The van der Waals surface area contributed by atoms with Gasteiger partial charge in [-0.25, -0.2) is 17.6 Å². The first-order chi connectivity index (χ1) is 7.67. The zero-order chi connectivity index (χ0) is 13.4. The summed E-state index contributed by atoms with van der Waals surface area (Å²) < 4.78 is 50.9. The third kappa shape index (κ3) is 2.36. The Hall–Kier alpha value is -1.70. The largest absolute Gasteiger partial charge is 0.317 e. The molecule has 0 fully saturated rings. The molecule has 4 nitrogen and oxygen atoms in total. The molecule has 1 atom stereocenters. The topological polar surface area (TPSA) is 69.2 Å². The lowest BCUT2D eigenvalue weighted by Crippen LogP contribution is -2.41. The molecule has 1 rings (SSSR count). The first-order valence-corrected chi connectivity index (χ1v) is 4.39. The second-order valence-corrected chi connectivity index (χ2v) is 3.62. The third-order valence-corrected chi connectivity index (χ3v) is 2.27. The number of rotatable bonds is 3. The van der Waals surface area contributed by atoms with Gasteiger partial charge < -0.3 is 5.73 Å². The molecule has 1 unspecified atom stereocenters. The van der Waals surface area contributed by atoms with Gasteiger partial charge in [0.2, 0.25) is 0 Å². The zero-order valence-corrected chi connectivity index (χ0v) is 8.58. The van der Waals surface area contributed by atoms with Gasteiger partial charge in [-0.2, -0.15) is 0 Å². The molecule has 0 heterocycles. The standard InChI is InChI=1S/C9H8F4N2O2/c1-9(14,8(12)13)4-2-5(10)6(11)3-7(4)15(16)17/h2-3,8H,14H2,1H3. The maximum Gasteiger partial charge on any atom is 0.277 e. The Labute approximate surface area is 93.2 Å². The Balaban J connectivity index is 3.51. The molecule has 2 N–H and O–H groups in total. The summed E-state index contributed by atoms with van der Waals surface area (Å²) in [4.78, 5) is 9.48. The number of alkyl halides is 2. The van der Waals surface area contributed by atoms with Crippen LogP contribution in [-0.2, 0) is 5.54 Å². The molecular formula is C9H8F4N2O2. The first kappa shape index (κ1) is 13.4. The quantitative estimate of drug-likeness (QED) is 0.509. The molecule has 0 saturated heterocycles. The van der Waals surface area contributed by atoms with E-state index in [0.29, 0.717) is 6.07 Å². The summed E-state index contributed by atoms with van der Waals surface area (Å²) in [6, 6.07) is 0.553. The number of nitro benzene ring substituents is 1. The van der Waals surface area contributed by atoms with Gasteiger partial charge in [-0.3, -0.25) is 10.1 Å². The van der Waals surface area contributed by atoms with Crippen LogP contribution in [0.15, 0.2) is 12.1 Å². The van der Waals surface area contributed by atoms with E-state index in [0.717, 1.165) is 6.92 Å². The van der Waals surface area contributed by atoms with Crippen LogP contribution in [0.3, 0.4) is 0 Å². The number of nitrogens with two attached hydrogens (primary N) is 1. The van der Waals surface area contributed by atoms with Gasteiger partial charge in [0.05, 0.1) is 16.6 Å². The minimum absolute atomic E-state index is 0.234. The SMILES string of the molecule is CC(N)(c1cc(F)c(F)cc1[N+](=O)[O-])C(F)F. The molecule has 0 spiro atoms. The van der Waals surface area contributed by atoms with Gasteiger partial charge in [-0.05, 0) is 13.0 Å². The predicted octanol–water partition coefficient (Wildman–Crippen LogP) is 2.31. The highest BCUT2D eigenvalue weighted by atomic mass is 19.3. The van der Waals surface area contributed by atoms with Crippen molar-refractivity contribution in [1.82, 2.24) is 0 Å². The van der Waals surface area contributed by atoms with Crippen molar-refractivity contribution in [2.24, 2.45) is 5.73 Å². The van der Waals surface area contributed by atoms with Crippen molar-refractivity contribution >= 4 is 5.69 Å². The minimum atomic E-state index is -3.16. The summed E-state index contributed by atoms with van der Waals surface area (Å²) >= 11 is 0. The lowest BCUT2D eigenvalue weighted by Gasteiger charge is -2.23. The van der Waals surface area contributed by atoms with Crippen LogP contribution in [0.1, 0.15) is 12.5 Å². The van der Waals surface area contributed by atoms with Gasteiger partial charge in [-0.15, -0.1) is 0 Å². The maximum absolute atomic E-state index is 12.9. The van der Waals surface area contributed by atoms with E-state index < -0.39 is 39.8 Å². The average molecular weight is 252 g/mol. The molecule has 0 saturated carbocycles. The zero-order valence-electron chi connectivity index (χ0n) is 8.58. The number of hydrogen-bond acceptors (Lipinski definition) is 3. The monoisotopic (exact) mass is 252 g/mol. The summed E-state index contributed by atoms with van der Waals surface area (Å²) in [7, 11) is 0. The van der Waals surface area contributed by atoms with E-state index in [9.17, 15) is 27.7 Å². The van der Waals surface area contributed by atoms with Gasteiger partial charge in [0, 0.05) is 0 Å². The number of hydrogen-bond donors (Lipinski definition) is 1. The van der Waals surface area contributed by atoms with Crippen LogP contribution >= 0.6 is 0 Å². The molecular weight excluding hydrogens is 244 g/mol. The van der Waals surface area contributed by atoms with Crippen molar-refractivity contribution in [2.75, 3.05) is 0 Å². The molecule has 0 aromatic heterocycles. The van der Waals surface area contributed by atoms with Crippen molar-refractivity contribution in [3.8, 4) is 0 Å². The van der Waals surface area contributed by atoms with E-state index in [1.54, 1.807) is 0 Å². The molecule has 8 heteroatoms. The van der Waals surface area contributed by atoms with E-state index >= 15 is 0 Å². The molecule has 1 aromatic rings. The van der Waals surface area contributed by atoms with Gasteiger partial charge in [0.15, 0.2) is 11.6 Å². The van der Waals surface area contributed by atoms with Crippen molar-refractivity contribution in [1.29, 1.82) is 0 Å². The van der Waals surface area contributed by atoms with E-state index in [4.69, 9.17) is 5.73 Å². The van der Waals surface area contributed by atoms with Crippen LogP contribution in [0, 0.1) is 21.7 Å². The average Bonchev–Trinajstić information content (AvgIpc) is 2.20. The van der Waals surface area contributed by atoms with Crippen molar-refractivity contribution < 1.29 is 22.5 Å². The van der Waals surface area contributed by atoms with Crippen LogP contribution in [0.4, 0.5) is 23.2 Å². The molecule has 0 aliphatic rings. The normalized spacial score (nSPS) is 14.8. The molecule has 94 valence electrons. The van der Waals surface area contributed by atoms with Crippen molar-refractivity contribution in [2.45, 2.75) is 18.9 Å². The summed E-state index contributed by atoms with van der Waals surface area (Å²) in [6.45, 7) is 0.803. The van der Waals surface area contributed by atoms with Gasteiger partial charge in [0.1, 0.15) is 5.54 Å². The fraction of sp³-hybridized carbons (Fsp3) is 0.333. The van der Waals surface area contributed by atoms with E-state index in [1.165, 1.54) is 0 Å². The Kier molecular flexibility index (Phi) is 3.37. The van der Waals surface area contributed by atoms with Crippen LogP contribution in [0.2, 0.25) is 0 Å². The summed E-state index contributed by atoms with van der Waals surface area (Å²) in [5.74, 6) is -2.96. The number of nitrogens with zero attached hydrogens (tertiary/aromatic N) is 1. The Morgan fingerprint density at radius 3 is 2.24 bits per heavy atom. The molecule has 0 radical (unpaired) electrons. The summed E-state index contributed by atoms with van der Waals surface area (Å²) in [6.07, 6.45) is -3.16. The summed E-state index contributed by atoms with van der Waals surface area (Å²) in [5.41, 5.74) is 1.03. The maximum atomic E-state index is 12.9. The Morgan fingerprint density at radius 2 is 1.82 bits per heavy atom. The summed E-state index contributed by atoms with van der Waals surface area (Å²) in [5, 5.41) is 10.6. The van der Waals surface area contributed by atoms with E-state index in [-0.39, 0.29) is 6.07 Å². The van der Waals surface area contributed by atoms with E-state index in [2.05, 4.69) is 0 Å². The van der Waals surface area contributed by atoms with Gasteiger partial charge in [0.25, 0.3) is 12.1 Å². The van der Waals surface area contributed by atoms with Crippen LogP contribution in [-0.4, -0.2) is 11.3 Å². The lowest BCUT2D eigenvalue weighted by molar-refractivity contribution is -0.386. The smallest absolute Gasteiger partial charge is 0.277 e. The minimum Gasteiger partial charge on any atom is -0.317 e. The van der Waals surface area contributed by atoms with E-state index in [1.807, 2.05) is 0 Å². The second kappa shape index (κ2) is 4.28. The van der Waals surface area contributed by atoms with Crippen molar-refractivity contribution in [3.63, 3.8) is 0 Å². The third-order valence-electron chi connectivity index (χ3n) is 2.27. The van der Waals surface area contributed by atoms with Gasteiger partial charge in [-0.1, -0.05) is 0 Å². The van der Waals surface area contributed by atoms with Crippen molar-refractivity contribution in [3.05, 3.63) is 39.4 Å². The highest BCUT2D eigenvalue weighted by molar-refractivity contribution is 5.45. The molecule has 0 bridgehead atoms. The highest BCUT2D eigenvalue weighted by Crippen LogP contribution is 2.33. The van der Waals surface area contributed by atoms with Crippen LogP contribution in [0.5, 0.6) is 0 Å². The molecule has 1 aromatic carbocycles. The Bertz CT molecular complexity index is 463. The fourth-order valence-corrected chi connectivity index (χ4v) is 1.24.